The summed E-state index contributed by atoms with van der Waals surface area (Å²) in [6.07, 6.45) is 5.09. The van der Waals surface area contributed by atoms with Crippen LogP contribution in [0.1, 0.15) is 36.8 Å². The van der Waals surface area contributed by atoms with E-state index in [1.54, 1.807) is 0 Å². The fourth-order valence-corrected chi connectivity index (χ4v) is 5.04. The Kier molecular flexibility index (Phi) is 5.15. The molecule has 4 heteroatoms. The van der Waals surface area contributed by atoms with Gasteiger partial charge in [0.05, 0.1) is 5.54 Å². The van der Waals surface area contributed by atoms with Crippen LogP contribution in [0.4, 0.5) is 4.79 Å². The van der Waals surface area contributed by atoms with Gasteiger partial charge in [-0.2, -0.15) is 0 Å². The smallest absolute Gasteiger partial charge is 0.317 e. The first kappa shape index (κ1) is 19.0. The molecule has 1 aliphatic carbocycles. The highest BCUT2D eigenvalue weighted by molar-refractivity contribution is 5.78. The molecule has 1 aliphatic heterocycles. The molecule has 1 spiro atoms. The second-order valence-electron chi connectivity index (χ2n) is 8.66. The number of nitrogens with zero attached hydrogens (tertiary/aromatic N) is 2. The lowest BCUT2D eigenvalue weighted by atomic mass is 9.69. The van der Waals surface area contributed by atoms with E-state index in [9.17, 15) is 4.79 Å². The van der Waals surface area contributed by atoms with E-state index < -0.39 is 0 Å². The number of carbonyl (C=O) groups excluding carboxylic acids is 1. The maximum Gasteiger partial charge on any atom is 0.317 e. The standard InChI is InChI=1S/C24H31N3O/c1-26(2)24(21-11-7-4-8-12-21)16-14-23(15-17-24)19-27(22(28)25-23)18-13-20-9-5-3-6-10-20/h3-12H,13-19H2,1-2H3,(H,25,28)/t23-,24+. The minimum atomic E-state index is -0.0674. The van der Waals surface area contributed by atoms with Crippen LogP contribution in [0.5, 0.6) is 0 Å². The van der Waals surface area contributed by atoms with Gasteiger partial charge in [0.15, 0.2) is 0 Å². The van der Waals surface area contributed by atoms with Gasteiger partial charge in [0.2, 0.25) is 0 Å². The third-order valence-electron chi connectivity index (χ3n) is 6.87. The monoisotopic (exact) mass is 377 g/mol. The topological polar surface area (TPSA) is 35.6 Å². The number of amides is 2. The summed E-state index contributed by atoms with van der Waals surface area (Å²) in [6, 6.07) is 21.4. The molecule has 2 fully saturated rings. The van der Waals surface area contributed by atoms with Crippen molar-refractivity contribution >= 4 is 6.03 Å². The molecular formula is C24H31N3O. The minimum absolute atomic E-state index is 0.0642. The van der Waals surface area contributed by atoms with Crippen molar-refractivity contribution < 1.29 is 4.79 Å². The summed E-state index contributed by atoms with van der Waals surface area (Å²) in [7, 11) is 4.37. The van der Waals surface area contributed by atoms with E-state index in [0.29, 0.717) is 0 Å². The van der Waals surface area contributed by atoms with Crippen molar-refractivity contribution in [1.82, 2.24) is 15.1 Å². The lowest BCUT2D eigenvalue weighted by molar-refractivity contribution is 0.0620. The van der Waals surface area contributed by atoms with Gasteiger partial charge in [0.25, 0.3) is 0 Å². The van der Waals surface area contributed by atoms with Crippen LogP contribution in [0.2, 0.25) is 0 Å². The predicted octanol–water partition coefficient (Wildman–Crippen LogP) is 4.02. The number of benzene rings is 2. The second-order valence-corrected chi connectivity index (χ2v) is 8.66. The normalized spacial score (nSPS) is 27.4. The average molecular weight is 378 g/mol. The Morgan fingerprint density at radius 1 is 0.929 bits per heavy atom. The van der Waals surface area contributed by atoms with E-state index in [2.05, 4.69) is 78.9 Å². The van der Waals surface area contributed by atoms with Crippen LogP contribution in [-0.4, -0.2) is 48.6 Å². The molecule has 148 valence electrons. The number of carbonyl (C=O) groups is 1. The van der Waals surface area contributed by atoms with Gasteiger partial charge < -0.3 is 10.2 Å². The van der Waals surface area contributed by atoms with Gasteiger partial charge in [-0.25, -0.2) is 4.79 Å². The van der Waals surface area contributed by atoms with Gasteiger partial charge in [-0.05, 0) is 57.3 Å². The van der Waals surface area contributed by atoms with E-state index in [4.69, 9.17) is 0 Å². The van der Waals surface area contributed by atoms with Crippen molar-refractivity contribution in [3.05, 3.63) is 71.8 Å². The molecule has 2 amide bonds. The molecule has 28 heavy (non-hydrogen) atoms. The fraction of sp³-hybridized carbons (Fsp3) is 0.458. The summed E-state index contributed by atoms with van der Waals surface area (Å²) in [4.78, 5) is 17.0. The summed E-state index contributed by atoms with van der Waals surface area (Å²) in [5.74, 6) is 0. The lowest BCUT2D eigenvalue weighted by Gasteiger charge is -2.48. The molecule has 1 heterocycles. The van der Waals surface area contributed by atoms with Crippen molar-refractivity contribution in [2.24, 2.45) is 0 Å². The van der Waals surface area contributed by atoms with Crippen LogP contribution in [0.3, 0.4) is 0 Å². The Hall–Kier alpha value is -2.33. The molecule has 0 atom stereocenters. The molecule has 2 aromatic carbocycles. The highest BCUT2D eigenvalue weighted by atomic mass is 16.2. The van der Waals surface area contributed by atoms with Crippen molar-refractivity contribution in [3.8, 4) is 0 Å². The third kappa shape index (κ3) is 3.53. The summed E-state index contributed by atoms with van der Waals surface area (Å²) in [5.41, 5.74) is 2.67. The van der Waals surface area contributed by atoms with Crippen LogP contribution in [0, 0.1) is 0 Å². The van der Waals surface area contributed by atoms with Gasteiger partial charge in [-0.15, -0.1) is 0 Å². The van der Waals surface area contributed by atoms with Gasteiger partial charge in [-0.1, -0.05) is 60.7 Å². The Labute approximate surface area is 168 Å². The molecular weight excluding hydrogens is 346 g/mol. The number of hydrogen-bond acceptors (Lipinski definition) is 2. The predicted molar refractivity (Wildman–Crippen MR) is 113 cm³/mol. The van der Waals surface area contributed by atoms with E-state index >= 15 is 0 Å². The third-order valence-corrected chi connectivity index (χ3v) is 6.87. The zero-order chi connectivity index (χ0) is 19.6. The number of rotatable bonds is 5. The van der Waals surface area contributed by atoms with Crippen LogP contribution in [-0.2, 0) is 12.0 Å². The Balaban J connectivity index is 1.43. The Morgan fingerprint density at radius 2 is 1.54 bits per heavy atom. The maximum absolute atomic E-state index is 12.6. The van der Waals surface area contributed by atoms with Crippen molar-refractivity contribution in [3.63, 3.8) is 0 Å². The zero-order valence-corrected chi connectivity index (χ0v) is 17.0. The molecule has 0 radical (unpaired) electrons. The van der Waals surface area contributed by atoms with Crippen LogP contribution < -0.4 is 5.32 Å². The van der Waals surface area contributed by atoms with Gasteiger partial charge >= 0.3 is 6.03 Å². The highest BCUT2D eigenvalue weighted by Gasteiger charge is 2.49. The van der Waals surface area contributed by atoms with Crippen molar-refractivity contribution in [2.75, 3.05) is 27.2 Å². The van der Waals surface area contributed by atoms with E-state index in [-0.39, 0.29) is 17.1 Å². The Bertz CT molecular complexity index is 795. The van der Waals surface area contributed by atoms with Crippen molar-refractivity contribution in [2.45, 2.75) is 43.2 Å². The minimum Gasteiger partial charge on any atom is -0.331 e. The summed E-state index contributed by atoms with van der Waals surface area (Å²) in [5, 5.41) is 3.35. The van der Waals surface area contributed by atoms with Gasteiger partial charge in [0, 0.05) is 18.6 Å². The Morgan fingerprint density at radius 3 is 2.14 bits per heavy atom. The van der Waals surface area contributed by atoms with Crippen LogP contribution in [0.25, 0.3) is 0 Å². The molecule has 0 unspecified atom stereocenters. The number of urea groups is 1. The van der Waals surface area contributed by atoms with Crippen molar-refractivity contribution in [1.29, 1.82) is 0 Å². The molecule has 1 saturated heterocycles. The summed E-state index contributed by atoms with van der Waals surface area (Å²) in [6.45, 7) is 1.62. The number of hydrogen-bond donors (Lipinski definition) is 1. The van der Waals surface area contributed by atoms with E-state index in [1.165, 1.54) is 11.1 Å². The second kappa shape index (κ2) is 7.59. The first-order chi connectivity index (χ1) is 13.5. The summed E-state index contributed by atoms with van der Waals surface area (Å²) >= 11 is 0. The van der Waals surface area contributed by atoms with E-state index in [0.717, 1.165) is 45.2 Å². The average Bonchev–Trinajstić information content (AvgIpc) is 3.03. The van der Waals surface area contributed by atoms with E-state index in [1.807, 2.05) is 11.0 Å². The van der Waals surface area contributed by atoms with Gasteiger partial charge in [0.1, 0.15) is 0 Å². The first-order valence-corrected chi connectivity index (χ1v) is 10.4. The SMILES string of the molecule is CN(C)[C@]1(c2ccccc2)CC[C@]2(CC1)CN(CCc1ccccc1)C(=O)N2. The molecule has 1 saturated carbocycles. The molecule has 1 N–H and O–H groups in total. The number of nitrogens with one attached hydrogen (secondary N) is 1. The highest BCUT2D eigenvalue weighted by Crippen LogP contribution is 2.45. The van der Waals surface area contributed by atoms with Crippen LogP contribution in [0.15, 0.2) is 60.7 Å². The molecule has 0 bridgehead atoms. The lowest BCUT2D eigenvalue weighted by Crippen LogP contribution is -2.54. The first-order valence-electron chi connectivity index (χ1n) is 10.4. The molecule has 4 nitrogen and oxygen atoms in total. The fourth-order valence-electron chi connectivity index (χ4n) is 5.04. The molecule has 2 aliphatic rings. The van der Waals surface area contributed by atoms with Gasteiger partial charge in [-0.3, -0.25) is 4.90 Å². The largest absolute Gasteiger partial charge is 0.331 e. The zero-order valence-electron chi connectivity index (χ0n) is 17.0. The summed E-state index contributed by atoms with van der Waals surface area (Å²) < 4.78 is 0. The molecule has 2 aromatic rings. The van der Waals surface area contributed by atoms with Crippen LogP contribution >= 0.6 is 0 Å². The quantitative estimate of drug-likeness (QED) is 0.854. The molecule has 0 aromatic heterocycles. The maximum atomic E-state index is 12.6. The molecule has 4 rings (SSSR count).